The molecular formula is C17H21F3N4O. The zero-order valence-electron chi connectivity index (χ0n) is 14.1. The number of alkyl halides is 3. The normalized spacial score (nSPS) is 12.7. The van der Waals surface area contributed by atoms with Gasteiger partial charge in [-0.25, -0.2) is 4.79 Å². The second-order valence-electron chi connectivity index (χ2n) is 6.07. The van der Waals surface area contributed by atoms with Crippen molar-refractivity contribution in [1.29, 1.82) is 0 Å². The van der Waals surface area contributed by atoms with E-state index in [0.29, 0.717) is 18.7 Å². The summed E-state index contributed by atoms with van der Waals surface area (Å²) in [6.07, 6.45) is -0.801. The van der Waals surface area contributed by atoms with Crippen LogP contribution in [0.25, 0.3) is 0 Å². The van der Waals surface area contributed by atoms with Gasteiger partial charge in [-0.1, -0.05) is 19.1 Å². The number of carbonyl (C=O) groups excluding carboxylic acids is 1. The summed E-state index contributed by atoms with van der Waals surface area (Å²) < 4.78 is 39.4. The van der Waals surface area contributed by atoms with E-state index in [1.807, 2.05) is 19.2 Å². The maximum Gasteiger partial charge on any atom is 0.416 e. The highest BCUT2D eigenvalue weighted by Crippen LogP contribution is 2.29. The molecule has 0 aliphatic carbocycles. The maximum absolute atomic E-state index is 12.5. The summed E-state index contributed by atoms with van der Waals surface area (Å²) in [6.45, 7) is 3.40. The van der Waals surface area contributed by atoms with Crippen LogP contribution >= 0.6 is 0 Å². The fourth-order valence-electron chi connectivity index (χ4n) is 2.33. The largest absolute Gasteiger partial charge is 0.416 e. The molecule has 0 radical (unpaired) electrons. The number of benzene rings is 1. The summed E-state index contributed by atoms with van der Waals surface area (Å²) in [5.41, 5.74) is -0.0639. The topological polar surface area (TPSA) is 50.2 Å². The van der Waals surface area contributed by atoms with Gasteiger partial charge in [0.1, 0.15) is 0 Å². The zero-order chi connectivity index (χ0) is 18.4. The van der Waals surface area contributed by atoms with Crippen LogP contribution in [0.1, 0.15) is 18.1 Å². The fraction of sp³-hybridized carbons (Fsp3) is 0.412. The van der Waals surface area contributed by atoms with Crippen molar-refractivity contribution in [3.63, 3.8) is 0 Å². The van der Waals surface area contributed by atoms with E-state index in [4.69, 9.17) is 0 Å². The molecule has 0 saturated heterocycles. The van der Waals surface area contributed by atoms with Crippen molar-refractivity contribution in [1.82, 2.24) is 20.0 Å². The molecule has 0 saturated carbocycles. The number of rotatable bonds is 6. The third-order valence-electron chi connectivity index (χ3n) is 3.71. The third kappa shape index (κ3) is 5.81. The van der Waals surface area contributed by atoms with Crippen LogP contribution in [0.15, 0.2) is 42.7 Å². The highest BCUT2D eigenvalue weighted by atomic mass is 19.4. The van der Waals surface area contributed by atoms with Gasteiger partial charge in [0.25, 0.3) is 0 Å². The number of hydrogen-bond donors (Lipinski definition) is 1. The molecule has 0 aliphatic rings. The van der Waals surface area contributed by atoms with Gasteiger partial charge in [-0.2, -0.15) is 18.3 Å². The molecule has 1 atom stereocenters. The number of hydrogen-bond acceptors (Lipinski definition) is 2. The number of halogens is 3. The smallest absolute Gasteiger partial charge is 0.338 e. The quantitative estimate of drug-likeness (QED) is 0.865. The molecule has 0 aliphatic heterocycles. The Morgan fingerprint density at radius 2 is 2.00 bits per heavy atom. The van der Waals surface area contributed by atoms with Gasteiger partial charge < -0.3 is 10.2 Å². The van der Waals surface area contributed by atoms with Crippen LogP contribution in [0.3, 0.4) is 0 Å². The lowest BCUT2D eigenvalue weighted by Crippen LogP contribution is -2.39. The minimum atomic E-state index is -4.35. The number of nitrogens with one attached hydrogen (secondary N) is 1. The van der Waals surface area contributed by atoms with E-state index in [1.165, 1.54) is 17.0 Å². The highest BCUT2D eigenvalue weighted by Gasteiger charge is 2.29. The number of aromatic nitrogens is 2. The summed E-state index contributed by atoms with van der Waals surface area (Å²) >= 11 is 0. The van der Waals surface area contributed by atoms with Crippen LogP contribution in [0.2, 0.25) is 0 Å². The Hall–Kier alpha value is -2.51. The Bertz CT molecular complexity index is 668. The molecule has 2 aromatic rings. The summed E-state index contributed by atoms with van der Waals surface area (Å²) in [4.78, 5) is 13.5. The lowest BCUT2D eigenvalue weighted by atomic mass is 10.1. The molecular weight excluding hydrogens is 333 g/mol. The summed E-state index contributed by atoms with van der Waals surface area (Å²) in [5, 5.41) is 6.93. The second-order valence-corrected chi connectivity index (χ2v) is 6.07. The first-order chi connectivity index (χ1) is 11.8. The zero-order valence-corrected chi connectivity index (χ0v) is 14.1. The Balaban J connectivity index is 1.79. The number of urea groups is 1. The van der Waals surface area contributed by atoms with Crippen LogP contribution in [-0.4, -0.2) is 34.3 Å². The minimum absolute atomic E-state index is 0.198. The first-order valence-electron chi connectivity index (χ1n) is 7.88. The molecule has 5 nitrogen and oxygen atoms in total. The lowest BCUT2D eigenvalue weighted by Gasteiger charge is -2.20. The van der Waals surface area contributed by atoms with E-state index in [-0.39, 0.29) is 18.5 Å². The van der Waals surface area contributed by atoms with Crippen LogP contribution in [0.4, 0.5) is 18.0 Å². The Kier molecular flexibility index (Phi) is 6.06. The molecule has 0 fully saturated rings. The highest BCUT2D eigenvalue weighted by molar-refractivity contribution is 5.73. The summed E-state index contributed by atoms with van der Waals surface area (Å²) in [7, 11) is 1.60. The van der Waals surface area contributed by atoms with Crippen molar-refractivity contribution in [2.75, 3.05) is 13.6 Å². The average Bonchev–Trinajstić information content (AvgIpc) is 3.05. The van der Waals surface area contributed by atoms with Gasteiger partial charge in [0.05, 0.1) is 5.56 Å². The fourth-order valence-corrected chi connectivity index (χ4v) is 2.33. The average molecular weight is 354 g/mol. The van der Waals surface area contributed by atoms with Crippen molar-refractivity contribution >= 4 is 6.03 Å². The van der Waals surface area contributed by atoms with Crippen molar-refractivity contribution in [3.05, 3.63) is 53.9 Å². The van der Waals surface area contributed by atoms with E-state index in [1.54, 1.807) is 17.9 Å². The molecule has 8 heteroatoms. The van der Waals surface area contributed by atoms with Gasteiger partial charge >= 0.3 is 12.2 Å². The summed E-state index contributed by atoms with van der Waals surface area (Å²) in [6, 6.07) is 6.37. The predicted octanol–water partition coefficient (Wildman–Crippen LogP) is 3.38. The van der Waals surface area contributed by atoms with E-state index < -0.39 is 11.7 Å². The van der Waals surface area contributed by atoms with Gasteiger partial charge in [-0.05, 0) is 29.7 Å². The number of amides is 2. The van der Waals surface area contributed by atoms with Crippen molar-refractivity contribution in [3.8, 4) is 0 Å². The van der Waals surface area contributed by atoms with Crippen LogP contribution < -0.4 is 5.32 Å². The number of nitrogens with zero attached hydrogens (tertiary/aromatic N) is 3. The Morgan fingerprint density at radius 1 is 1.32 bits per heavy atom. The van der Waals surface area contributed by atoms with Gasteiger partial charge in [-0.3, -0.25) is 4.68 Å². The van der Waals surface area contributed by atoms with Gasteiger partial charge in [0.15, 0.2) is 0 Å². The molecule has 0 spiro atoms. The number of carbonyl (C=O) groups is 1. The molecule has 136 valence electrons. The molecule has 1 N–H and O–H groups in total. The predicted molar refractivity (Wildman–Crippen MR) is 87.7 cm³/mol. The van der Waals surface area contributed by atoms with Crippen molar-refractivity contribution in [2.24, 2.45) is 5.92 Å². The Morgan fingerprint density at radius 3 is 2.56 bits per heavy atom. The molecule has 1 aromatic heterocycles. The minimum Gasteiger partial charge on any atom is -0.338 e. The monoisotopic (exact) mass is 354 g/mol. The first-order valence-corrected chi connectivity index (χ1v) is 7.88. The van der Waals surface area contributed by atoms with Gasteiger partial charge in [0, 0.05) is 39.1 Å². The standard InChI is InChI=1S/C17H21F3N4O/c1-13(11-24-9-3-8-22-24)10-21-16(25)23(2)12-14-4-6-15(7-5-14)17(18,19)20/h3-9,13H,10-12H2,1-2H3,(H,21,25). The van der Waals surface area contributed by atoms with Crippen LogP contribution in [-0.2, 0) is 19.3 Å². The first kappa shape index (κ1) is 18.8. The molecule has 2 rings (SSSR count). The van der Waals surface area contributed by atoms with E-state index in [2.05, 4.69) is 10.4 Å². The Labute approximate surface area is 144 Å². The molecule has 2 amide bonds. The van der Waals surface area contributed by atoms with Gasteiger partial charge in [0.2, 0.25) is 0 Å². The van der Waals surface area contributed by atoms with E-state index in [0.717, 1.165) is 12.1 Å². The van der Waals surface area contributed by atoms with E-state index in [9.17, 15) is 18.0 Å². The van der Waals surface area contributed by atoms with Gasteiger partial charge in [-0.15, -0.1) is 0 Å². The van der Waals surface area contributed by atoms with Crippen LogP contribution in [0.5, 0.6) is 0 Å². The van der Waals surface area contributed by atoms with Crippen molar-refractivity contribution in [2.45, 2.75) is 26.2 Å². The molecule has 1 unspecified atom stereocenters. The van der Waals surface area contributed by atoms with E-state index >= 15 is 0 Å². The molecule has 1 aromatic carbocycles. The molecule has 25 heavy (non-hydrogen) atoms. The lowest BCUT2D eigenvalue weighted by molar-refractivity contribution is -0.137. The summed E-state index contributed by atoms with van der Waals surface area (Å²) in [5.74, 6) is 0.198. The third-order valence-corrected chi connectivity index (χ3v) is 3.71. The SMILES string of the molecule is CC(CNC(=O)N(C)Cc1ccc(C(F)(F)F)cc1)Cn1cccn1. The van der Waals surface area contributed by atoms with Crippen LogP contribution in [0, 0.1) is 5.92 Å². The second kappa shape index (κ2) is 8.04. The molecule has 0 bridgehead atoms. The maximum atomic E-state index is 12.5. The molecule has 1 heterocycles. The van der Waals surface area contributed by atoms with Crippen molar-refractivity contribution < 1.29 is 18.0 Å².